The van der Waals surface area contributed by atoms with Crippen LogP contribution in [0.5, 0.6) is 0 Å². The second-order valence-electron chi connectivity index (χ2n) is 3.51. The highest BCUT2D eigenvalue weighted by atomic mass is 35.5. The third-order valence-corrected chi connectivity index (χ3v) is 3.32. The highest BCUT2D eigenvalue weighted by Crippen LogP contribution is 2.34. The minimum Gasteiger partial charge on any atom is -0.266 e. The number of rotatable bonds is 1. The molecule has 0 spiro atoms. The van der Waals surface area contributed by atoms with Crippen molar-refractivity contribution in [1.82, 2.24) is 9.78 Å². The molecule has 5 heteroatoms. The zero-order valence-electron chi connectivity index (χ0n) is 8.76. The van der Waals surface area contributed by atoms with Crippen LogP contribution in [0.1, 0.15) is 5.56 Å². The Morgan fingerprint density at radius 1 is 1.19 bits per heavy atom. The zero-order chi connectivity index (χ0) is 11.9. The highest BCUT2D eigenvalue weighted by Gasteiger charge is 2.15. The van der Waals surface area contributed by atoms with E-state index in [9.17, 15) is 0 Å². The van der Waals surface area contributed by atoms with Gasteiger partial charge >= 0.3 is 0 Å². The maximum atomic E-state index is 6.15. The summed E-state index contributed by atoms with van der Waals surface area (Å²) in [5, 5.41) is 5.83. The Morgan fingerprint density at radius 3 is 2.38 bits per heavy atom. The van der Waals surface area contributed by atoms with Crippen LogP contribution in [-0.4, -0.2) is 9.78 Å². The summed E-state index contributed by atoms with van der Waals surface area (Å²) in [5.41, 5.74) is 2.70. The van der Waals surface area contributed by atoms with Gasteiger partial charge in [-0.15, -0.1) is 0 Å². The number of hydrogen-bond acceptors (Lipinski definition) is 1. The third kappa shape index (κ3) is 1.93. The summed E-state index contributed by atoms with van der Waals surface area (Å²) in [6, 6.07) is 5.37. The Labute approximate surface area is 109 Å². The molecule has 84 valence electrons. The average Bonchev–Trinajstić information content (AvgIpc) is 2.43. The lowest BCUT2D eigenvalue weighted by molar-refractivity contribution is 0.776. The van der Waals surface area contributed by atoms with Gasteiger partial charge in [0.05, 0.1) is 10.7 Å². The van der Waals surface area contributed by atoms with Crippen molar-refractivity contribution in [3.05, 3.63) is 39.0 Å². The standard InChI is InChI=1S/C11H9Cl3N2/c1-6-10(16(2)15-11(6)14)8-4-3-7(12)5-9(8)13/h3-5H,1-2H3. The smallest absolute Gasteiger partial charge is 0.154 e. The van der Waals surface area contributed by atoms with Crippen molar-refractivity contribution in [2.24, 2.45) is 7.05 Å². The molecule has 0 saturated carbocycles. The van der Waals surface area contributed by atoms with Crippen molar-refractivity contribution in [3.8, 4) is 11.3 Å². The molecule has 0 aliphatic heterocycles. The SMILES string of the molecule is Cc1c(Cl)nn(C)c1-c1ccc(Cl)cc1Cl. The van der Waals surface area contributed by atoms with Crippen LogP contribution in [0.2, 0.25) is 15.2 Å². The molecule has 0 saturated heterocycles. The molecule has 0 unspecified atom stereocenters. The van der Waals surface area contributed by atoms with Crippen molar-refractivity contribution in [2.75, 3.05) is 0 Å². The molecule has 0 aliphatic rings. The molecule has 1 heterocycles. The van der Waals surface area contributed by atoms with Crippen molar-refractivity contribution >= 4 is 34.8 Å². The van der Waals surface area contributed by atoms with Crippen LogP contribution >= 0.6 is 34.8 Å². The predicted octanol–water partition coefficient (Wildman–Crippen LogP) is 4.36. The molecule has 2 rings (SSSR count). The fourth-order valence-electron chi connectivity index (χ4n) is 1.65. The Bertz CT molecular complexity index is 546. The van der Waals surface area contributed by atoms with Crippen LogP contribution < -0.4 is 0 Å². The lowest BCUT2D eigenvalue weighted by Crippen LogP contribution is -1.94. The van der Waals surface area contributed by atoms with Gasteiger partial charge in [0.1, 0.15) is 0 Å². The van der Waals surface area contributed by atoms with Crippen LogP contribution in [0.25, 0.3) is 11.3 Å². The second kappa shape index (κ2) is 4.28. The quantitative estimate of drug-likeness (QED) is 0.756. The molecule has 1 aromatic carbocycles. The van der Waals surface area contributed by atoms with E-state index < -0.39 is 0 Å². The van der Waals surface area contributed by atoms with Gasteiger partial charge in [0.25, 0.3) is 0 Å². The van der Waals surface area contributed by atoms with E-state index in [1.54, 1.807) is 16.8 Å². The molecule has 0 bridgehead atoms. The molecule has 2 nitrogen and oxygen atoms in total. The van der Waals surface area contributed by atoms with Gasteiger partial charge in [-0.05, 0) is 25.1 Å². The molecular formula is C11H9Cl3N2. The fraction of sp³-hybridized carbons (Fsp3) is 0.182. The van der Waals surface area contributed by atoms with Crippen molar-refractivity contribution in [1.29, 1.82) is 0 Å². The van der Waals surface area contributed by atoms with Gasteiger partial charge in [-0.1, -0.05) is 34.8 Å². The summed E-state index contributed by atoms with van der Waals surface area (Å²) in [6.45, 7) is 1.91. The number of nitrogens with zero attached hydrogens (tertiary/aromatic N) is 2. The summed E-state index contributed by atoms with van der Waals surface area (Å²) >= 11 is 18.0. The molecule has 0 N–H and O–H groups in total. The van der Waals surface area contributed by atoms with Crippen LogP contribution in [0.4, 0.5) is 0 Å². The van der Waals surface area contributed by atoms with E-state index in [0.717, 1.165) is 16.8 Å². The largest absolute Gasteiger partial charge is 0.266 e. The van der Waals surface area contributed by atoms with Crippen LogP contribution in [-0.2, 0) is 7.05 Å². The van der Waals surface area contributed by atoms with E-state index in [1.807, 2.05) is 20.0 Å². The van der Waals surface area contributed by atoms with E-state index >= 15 is 0 Å². The molecule has 0 aliphatic carbocycles. The van der Waals surface area contributed by atoms with Gasteiger partial charge in [0.2, 0.25) is 0 Å². The van der Waals surface area contributed by atoms with Crippen molar-refractivity contribution in [3.63, 3.8) is 0 Å². The first-order valence-electron chi connectivity index (χ1n) is 4.65. The summed E-state index contributed by atoms with van der Waals surface area (Å²) in [4.78, 5) is 0. The molecule has 0 radical (unpaired) electrons. The second-order valence-corrected chi connectivity index (χ2v) is 4.71. The third-order valence-electron chi connectivity index (χ3n) is 2.41. The van der Waals surface area contributed by atoms with Gasteiger partial charge in [0.15, 0.2) is 5.15 Å². The molecule has 2 aromatic rings. The lowest BCUT2D eigenvalue weighted by Gasteiger charge is -2.06. The molecule has 0 amide bonds. The molecule has 0 atom stereocenters. The summed E-state index contributed by atoms with van der Waals surface area (Å²) in [6.07, 6.45) is 0. The van der Waals surface area contributed by atoms with E-state index in [4.69, 9.17) is 34.8 Å². The minimum absolute atomic E-state index is 0.489. The van der Waals surface area contributed by atoms with Crippen LogP contribution in [0, 0.1) is 6.92 Å². The van der Waals surface area contributed by atoms with Crippen molar-refractivity contribution in [2.45, 2.75) is 6.92 Å². The Kier molecular flexibility index (Phi) is 3.15. The van der Waals surface area contributed by atoms with Crippen molar-refractivity contribution < 1.29 is 0 Å². The van der Waals surface area contributed by atoms with Gasteiger partial charge in [0, 0.05) is 23.2 Å². The normalized spacial score (nSPS) is 10.8. The van der Waals surface area contributed by atoms with Gasteiger partial charge in [-0.2, -0.15) is 5.10 Å². The number of hydrogen-bond donors (Lipinski definition) is 0. The Morgan fingerprint density at radius 2 is 1.88 bits per heavy atom. The maximum Gasteiger partial charge on any atom is 0.154 e. The summed E-state index contributed by atoms with van der Waals surface area (Å²) < 4.78 is 1.72. The van der Waals surface area contributed by atoms with E-state index in [1.165, 1.54) is 0 Å². The first kappa shape index (κ1) is 11.8. The summed E-state index contributed by atoms with van der Waals surface area (Å²) in [7, 11) is 1.83. The molecule has 16 heavy (non-hydrogen) atoms. The van der Waals surface area contributed by atoms with E-state index in [2.05, 4.69) is 5.10 Å². The number of aryl methyl sites for hydroxylation is 1. The van der Waals surface area contributed by atoms with Crippen LogP contribution in [0.3, 0.4) is 0 Å². The lowest BCUT2D eigenvalue weighted by atomic mass is 10.1. The topological polar surface area (TPSA) is 17.8 Å². The molecule has 1 aromatic heterocycles. The number of halogens is 3. The van der Waals surface area contributed by atoms with Gasteiger partial charge < -0.3 is 0 Å². The van der Waals surface area contributed by atoms with E-state index in [-0.39, 0.29) is 0 Å². The zero-order valence-corrected chi connectivity index (χ0v) is 11.0. The highest BCUT2D eigenvalue weighted by molar-refractivity contribution is 6.36. The molecule has 0 fully saturated rings. The Balaban J connectivity index is 2.67. The first-order chi connectivity index (χ1) is 7.50. The fourth-order valence-corrected chi connectivity index (χ4v) is 2.36. The average molecular weight is 276 g/mol. The number of aromatic nitrogens is 2. The molecular weight excluding hydrogens is 266 g/mol. The van der Waals surface area contributed by atoms with E-state index in [0.29, 0.717) is 15.2 Å². The first-order valence-corrected chi connectivity index (χ1v) is 5.78. The predicted molar refractivity (Wildman–Crippen MR) is 68.4 cm³/mol. The summed E-state index contributed by atoms with van der Waals surface area (Å²) in [5.74, 6) is 0. The maximum absolute atomic E-state index is 6.15. The van der Waals surface area contributed by atoms with Gasteiger partial charge in [-0.3, -0.25) is 4.68 Å². The van der Waals surface area contributed by atoms with Crippen LogP contribution in [0.15, 0.2) is 18.2 Å². The Hall–Kier alpha value is -0.700. The number of benzene rings is 1. The van der Waals surface area contributed by atoms with Gasteiger partial charge in [-0.25, -0.2) is 0 Å². The minimum atomic E-state index is 0.489. The monoisotopic (exact) mass is 274 g/mol.